The molecule has 1 aliphatic heterocycles. The summed E-state index contributed by atoms with van der Waals surface area (Å²) >= 11 is 0. The molecule has 2 heterocycles. The zero-order chi connectivity index (χ0) is 18.2. The van der Waals surface area contributed by atoms with Gasteiger partial charge in [0.05, 0.1) is 16.2 Å². The third-order valence-corrected chi connectivity index (χ3v) is 6.83. The molecule has 0 aliphatic carbocycles. The van der Waals surface area contributed by atoms with Gasteiger partial charge in [0, 0.05) is 18.8 Å². The van der Waals surface area contributed by atoms with E-state index in [2.05, 4.69) is 20.8 Å². The minimum absolute atomic E-state index is 0.0305. The van der Waals surface area contributed by atoms with E-state index >= 15 is 0 Å². The number of nitrogens with one attached hydrogen (secondary N) is 1. The van der Waals surface area contributed by atoms with Crippen LogP contribution in [-0.4, -0.2) is 63.1 Å². The number of anilines is 1. The average Bonchev–Trinajstić information content (AvgIpc) is 2.96. The summed E-state index contributed by atoms with van der Waals surface area (Å²) in [6.45, 7) is 5.41. The molecule has 0 atom stereocenters. The van der Waals surface area contributed by atoms with Gasteiger partial charge in [0.15, 0.2) is 15.7 Å². The van der Waals surface area contributed by atoms with Crippen molar-refractivity contribution in [1.82, 2.24) is 25.1 Å². The lowest BCUT2D eigenvalue weighted by atomic mass is 10.2. The molecule has 1 N–H and O–H groups in total. The molecule has 1 aromatic carbocycles. The van der Waals surface area contributed by atoms with Crippen LogP contribution in [0.1, 0.15) is 19.7 Å². The van der Waals surface area contributed by atoms with Crippen molar-refractivity contribution >= 4 is 21.6 Å². The number of urea groups is 1. The van der Waals surface area contributed by atoms with Gasteiger partial charge in [-0.15, -0.1) is 5.10 Å². The highest BCUT2D eigenvalue weighted by Crippen LogP contribution is 2.24. The molecule has 9 nitrogen and oxygen atoms in total. The number of aryl methyl sites for hydroxylation is 1. The van der Waals surface area contributed by atoms with E-state index < -0.39 is 14.6 Å². The van der Waals surface area contributed by atoms with Gasteiger partial charge in [-0.3, -0.25) is 0 Å². The Morgan fingerprint density at radius 1 is 1.32 bits per heavy atom. The maximum atomic E-state index is 12.5. The van der Waals surface area contributed by atoms with Gasteiger partial charge in [-0.2, -0.15) is 4.68 Å². The third kappa shape index (κ3) is 3.34. The lowest BCUT2D eigenvalue weighted by Gasteiger charge is -2.37. The molecule has 0 radical (unpaired) electrons. The zero-order valence-electron chi connectivity index (χ0n) is 14.3. The first-order chi connectivity index (χ1) is 11.7. The largest absolute Gasteiger partial charge is 0.322 e. The SMILES string of the molecule is Cc1nnnn1-c1cccc(NC(=O)N2CCS(=O)(=O)C(C)(C)C2)c1. The second-order valence-corrected chi connectivity index (χ2v) is 9.36. The Labute approximate surface area is 145 Å². The number of rotatable bonds is 2. The van der Waals surface area contributed by atoms with Gasteiger partial charge in [-0.05, 0) is 49.4 Å². The fourth-order valence-corrected chi connectivity index (χ4v) is 4.07. The molecule has 0 unspecified atom stereocenters. The second kappa shape index (κ2) is 6.10. The normalized spacial score (nSPS) is 18.8. The van der Waals surface area contributed by atoms with Crippen molar-refractivity contribution in [2.45, 2.75) is 25.5 Å². The van der Waals surface area contributed by atoms with Crippen molar-refractivity contribution in [2.24, 2.45) is 0 Å². The molecule has 0 spiro atoms. The molecule has 0 bridgehead atoms. The Kier molecular flexibility index (Phi) is 4.23. The van der Waals surface area contributed by atoms with Crippen LogP contribution in [0.4, 0.5) is 10.5 Å². The lowest BCUT2D eigenvalue weighted by molar-refractivity contribution is 0.206. The molecule has 1 fully saturated rings. The van der Waals surface area contributed by atoms with Gasteiger partial charge in [-0.25, -0.2) is 13.2 Å². The van der Waals surface area contributed by atoms with Crippen molar-refractivity contribution < 1.29 is 13.2 Å². The molecule has 25 heavy (non-hydrogen) atoms. The van der Waals surface area contributed by atoms with E-state index in [9.17, 15) is 13.2 Å². The van der Waals surface area contributed by atoms with Crippen LogP contribution < -0.4 is 5.32 Å². The first-order valence-corrected chi connectivity index (χ1v) is 9.48. The summed E-state index contributed by atoms with van der Waals surface area (Å²) in [5, 5.41) is 14.1. The van der Waals surface area contributed by atoms with Gasteiger partial charge < -0.3 is 10.2 Å². The van der Waals surface area contributed by atoms with Gasteiger partial charge in [-0.1, -0.05) is 6.07 Å². The molecule has 10 heteroatoms. The van der Waals surface area contributed by atoms with Crippen LogP contribution in [0.5, 0.6) is 0 Å². The van der Waals surface area contributed by atoms with Gasteiger partial charge >= 0.3 is 6.03 Å². The summed E-state index contributed by atoms with van der Waals surface area (Å²) in [7, 11) is -3.19. The Morgan fingerprint density at radius 2 is 2.08 bits per heavy atom. The van der Waals surface area contributed by atoms with Crippen LogP contribution in [0.3, 0.4) is 0 Å². The van der Waals surface area contributed by atoms with Crippen LogP contribution in [0.25, 0.3) is 5.69 Å². The Bertz CT molecular complexity index is 905. The van der Waals surface area contributed by atoms with E-state index in [1.807, 2.05) is 6.07 Å². The summed E-state index contributed by atoms with van der Waals surface area (Å²) in [4.78, 5) is 14.0. The van der Waals surface area contributed by atoms with Crippen LogP contribution >= 0.6 is 0 Å². The predicted octanol–water partition coefficient (Wildman–Crippen LogP) is 1.01. The number of aromatic nitrogens is 4. The van der Waals surface area contributed by atoms with Crippen molar-refractivity contribution in [2.75, 3.05) is 24.2 Å². The van der Waals surface area contributed by atoms with Crippen molar-refractivity contribution in [3.63, 3.8) is 0 Å². The average molecular weight is 364 g/mol. The van der Waals surface area contributed by atoms with E-state index in [-0.39, 0.29) is 24.9 Å². The topological polar surface area (TPSA) is 110 Å². The fourth-order valence-electron chi connectivity index (χ4n) is 2.71. The summed E-state index contributed by atoms with van der Waals surface area (Å²) in [6, 6.07) is 6.81. The highest BCUT2D eigenvalue weighted by atomic mass is 32.2. The molecule has 2 aromatic rings. The molecule has 1 saturated heterocycles. The van der Waals surface area contributed by atoms with E-state index in [1.54, 1.807) is 43.7 Å². The van der Waals surface area contributed by atoms with E-state index in [4.69, 9.17) is 0 Å². The molecule has 134 valence electrons. The number of tetrazole rings is 1. The summed E-state index contributed by atoms with van der Waals surface area (Å²) < 4.78 is 24.7. The van der Waals surface area contributed by atoms with Gasteiger partial charge in [0.1, 0.15) is 0 Å². The Morgan fingerprint density at radius 3 is 2.72 bits per heavy atom. The molecule has 0 saturated carbocycles. The van der Waals surface area contributed by atoms with Crippen LogP contribution in [0.15, 0.2) is 24.3 Å². The first kappa shape index (κ1) is 17.3. The van der Waals surface area contributed by atoms with Crippen LogP contribution in [-0.2, 0) is 9.84 Å². The maximum absolute atomic E-state index is 12.5. The molecule has 1 aromatic heterocycles. The lowest BCUT2D eigenvalue weighted by Crippen LogP contribution is -2.55. The standard InChI is InChI=1S/C15H20N6O3S/c1-11-17-18-19-21(11)13-6-4-5-12(9-13)16-14(22)20-7-8-25(23,24)15(2,3)10-20/h4-6,9H,7-8,10H2,1-3H3,(H,16,22). The molecule has 3 rings (SSSR count). The Balaban J connectivity index is 1.75. The van der Waals surface area contributed by atoms with E-state index in [1.165, 1.54) is 4.90 Å². The number of sulfone groups is 1. The number of hydrogen-bond acceptors (Lipinski definition) is 6. The maximum Gasteiger partial charge on any atom is 0.321 e. The number of carbonyl (C=O) groups excluding carboxylic acids is 1. The molecular weight excluding hydrogens is 344 g/mol. The van der Waals surface area contributed by atoms with Crippen LogP contribution in [0, 0.1) is 6.92 Å². The van der Waals surface area contributed by atoms with Crippen molar-refractivity contribution in [1.29, 1.82) is 0 Å². The smallest absolute Gasteiger partial charge is 0.321 e. The van der Waals surface area contributed by atoms with Gasteiger partial charge in [0.2, 0.25) is 0 Å². The number of benzene rings is 1. The number of amides is 2. The first-order valence-electron chi connectivity index (χ1n) is 7.83. The molecule has 1 aliphatic rings. The number of hydrogen-bond donors (Lipinski definition) is 1. The van der Waals surface area contributed by atoms with E-state index in [0.717, 1.165) is 5.69 Å². The summed E-state index contributed by atoms with van der Waals surface area (Å²) in [5.41, 5.74) is 1.31. The van der Waals surface area contributed by atoms with E-state index in [0.29, 0.717) is 11.5 Å². The van der Waals surface area contributed by atoms with Crippen LogP contribution in [0.2, 0.25) is 0 Å². The molecular formula is C15H20N6O3S. The van der Waals surface area contributed by atoms with Gasteiger partial charge in [0.25, 0.3) is 0 Å². The summed E-state index contributed by atoms with van der Waals surface area (Å²) in [5.74, 6) is 0.601. The van der Waals surface area contributed by atoms with Crippen molar-refractivity contribution in [3.8, 4) is 5.69 Å². The minimum atomic E-state index is -3.19. The summed E-state index contributed by atoms with van der Waals surface area (Å²) in [6.07, 6.45) is 0. The quantitative estimate of drug-likeness (QED) is 0.852. The Hall–Kier alpha value is -2.49. The highest BCUT2D eigenvalue weighted by molar-refractivity contribution is 7.92. The fraction of sp³-hybridized carbons (Fsp3) is 0.467. The second-order valence-electron chi connectivity index (χ2n) is 6.62. The predicted molar refractivity (Wildman–Crippen MR) is 92.3 cm³/mol. The highest BCUT2D eigenvalue weighted by Gasteiger charge is 2.41. The minimum Gasteiger partial charge on any atom is -0.322 e. The zero-order valence-corrected chi connectivity index (χ0v) is 15.1. The number of carbonyl (C=O) groups is 1. The molecule has 2 amide bonds. The third-order valence-electron chi connectivity index (χ3n) is 4.30. The van der Waals surface area contributed by atoms with Crippen molar-refractivity contribution in [3.05, 3.63) is 30.1 Å². The number of nitrogens with zero attached hydrogens (tertiary/aromatic N) is 5. The monoisotopic (exact) mass is 364 g/mol.